The van der Waals surface area contributed by atoms with Gasteiger partial charge in [-0.05, 0) is 25.0 Å². The predicted molar refractivity (Wildman–Crippen MR) is 60.5 cm³/mol. The number of carbonyl (C=O) groups excluding carboxylic acids is 1. The van der Waals surface area contributed by atoms with Crippen molar-refractivity contribution in [1.29, 1.82) is 0 Å². The van der Waals surface area contributed by atoms with E-state index in [1.54, 1.807) is 12.4 Å². The summed E-state index contributed by atoms with van der Waals surface area (Å²) in [7, 11) is 1.39. The number of pyridine rings is 1. The molecule has 1 aromatic heterocycles. The molecule has 16 heavy (non-hydrogen) atoms. The van der Waals surface area contributed by atoms with Gasteiger partial charge in [0.05, 0.1) is 25.8 Å². The average molecular weight is 223 g/mol. The lowest BCUT2D eigenvalue weighted by Crippen LogP contribution is -2.13. The number of nitrogens with zero attached hydrogens (tertiary/aromatic N) is 1. The van der Waals surface area contributed by atoms with Gasteiger partial charge in [0.15, 0.2) is 0 Å². The molecule has 1 unspecified atom stereocenters. The van der Waals surface area contributed by atoms with Gasteiger partial charge in [-0.2, -0.15) is 0 Å². The minimum Gasteiger partial charge on any atom is -0.492 e. The Hall–Kier alpha value is -1.58. The normalized spacial score (nSPS) is 11.9. The van der Waals surface area contributed by atoms with E-state index in [2.05, 4.69) is 4.98 Å². The second-order valence-corrected chi connectivity index (χ2v) is 3.37. The molecule has 4 nitrogen and oxygen atoms in total. The summed E-state index contributed by atoms with van der Waals surface area (Å²) < 4.78 is 10.1. The van der Waals surface area contributed by atoms with Gasteiger partial charge in [0.2, 0.25) is 0 Å². The van der Waals surface area contributed by atoms with E-state index in [0.717, 1.165) is 5.56 Å². The molecule has 0 radical (unpaired) electrons. The lowest BCUT2D eigenvalue weighted by Gasteiger charge is -2.13. The highest BCUT2D eigenvalue weighted by molar-refractivity contribution is 5.77. The van der Waals surface area contributed by atoms with E-state index in [4.69, 9.17) is 9.47 Å². The number of carbonyl (C=O) groups is 1. The lowest BCUT2D eigenvalue weighted by atomic mass is 9.98. The molecule has 0 saturated heterocycles. The van der Waals surface area contributed by atoms with Crippen LogP contribution in [0, 0.1) is 0 Å². The van der Waals surface area contributed by atoms with Crippen LogP contribution in [-0.2, 0) is 9.53 Å². The third-order valence-corrected chi connectivity index (χ3v) is 2.34. The molecule has 0 bridgehead atoms. The Morgan fingerprint density at radius 2 is 2.19 bits per heavy atom. The fraction of sp³-hybridized carbons (Fsp3) is 0.500. The first-order valence-electron chi connectivity index (χ1n) is 5.38. The zero-order valence-corrected chi connectivity index (χ0v) is 9.90. The number of methoxy groups -OCH3 is 1. The zero-order valence-electron chi connectivity index (χ0n) is 9.90. The summed E-state index contributed by atoms with van der Waals surface area (Å²) in [6.45, 7) is 4.43. The Morgan fingerprint density at radius 3 is 2.75 bits per heavy atom. The van der Waals surface area contributed by atoms with Crippen molar-refractivity contribution < 1.29 is 14.3 Å². The number of aromatic nitrogens is 1. The van der Waals surface area contributed by atoms with Gasteiger partial charge in [0.1, 0.15) is 5.75 Å². The van der Waals surface area contributed by atoms with Crippen LogP contribution in [0.15, 0.2) is 18.5 Å². The van der Waals surface area contributed by atoms with Gasteiger partial charge >= 0.3 is 5.97 Å². The highest BCUT2D eigenvalue weighted by Crippen LogP contribution is 2.23. The van der Waals surface area contributed by atoms with Gasteiger partial charge in [-0.15, -0.1) is 0 Å². The number of hydrogen-bond acceptors (Lipinski definition) is 4. The van der Waals surface area contributed by atoms with Crippen molar-refractivity contribution in [2.24, 2.45) is 0 Å². The van der Waals surface area contributed by atoms with Crippen LogP contribution in [0.4, 0.5) is 0 Å². The number of hydrogen-bond donors (Lipinski definition) is 0. The van der Waals surface area contributed by atoms with Gasteiger partial charge < -0.3 is 9.47 Å². The Kier molecular flexibility index (Phi) is 4.76. The van der Waals surface area contributed by atoms with E-state index >= 15 is 0 Å². The van der Waals surface area contributed by atoms with E-state index in [9.17, 15) is 4.79 Å². The molecule has 0 aliphatic rings. The molecule has 0 aliphatic carbocycles. The first-order valence-corrected chi connectivity index (χ1v) is 5.38. The fourth-order valence-electron chi connectivity index (χ4n) is 1.55. The predicted octanol–water partition coefficient (Wildman–Crippen LogP) is 2.15. The van der Waals surface area contributed by atoms with Gasteiger partial charge in [0.25, 0.3) is 0 Å². The highest BCUT2D eigenvalue weighted by Gasteiger charge is 2.19. The van der Waals surface area contributed by atoms with Crippen molar-refractivity contribution in [1.82, 2.24) is 4.98 Å². The van der Waals surface area contributed by atoms with Crippen LogP contribution in [0.3, 0.4) is 0 Å². The summed E-state index contributed by atoms with van der Waals surface area (Å²) in [4.78, 5) is 15.6. The summed E-state index contributed by atoms with van der Waals surface area (Å²) in [5.74, 6) is 0.179. The lowest BCUT2D eigenvalue weighted by molar-refractivity contribution is -0.142. The molecular formula is C12H17NO3. The third kappa shape index (κ3) is 2.95. The number of ether oxygens (including phenoxy) is 2. The summed E-state index contributed by atoms with van der Waals surface area (Å²) in [5.41, 5.74) is 0.834. The molecule has 0 N–H and O–H groups in total. The van der Waals surface area contributed by atoms with Crippen LogP contribution in [-0.4, -0.2) is 24.7 Å². The minimum absolute atomic E-state index is 0.238. The van der Waals surface area contributed by atoms with E-state index in [-0.39, 0.29) is 11.9 Å². The van der Waals surface area contributed by atoms with E-state index in [0.29, 0.717) is 18.8 Å². The highest BCUT2D eigenvalue weighted by atomic mass is 16.5. The summed E-state index contributed by atoms with van der Waals surface area (Å²) in [6.07, 6.45) is 3.99. The fourth-order valence-corrected chi connectivity index (χ4v) is 1.55. The Balaban J connectivity index is 2.92. The molecule has 0 spiro atoms. The van der Waals surface area contributed by atoms with Crippen LogP contribution in [0.2, 0.25) is 0 Å². The first kappa shape index (κ1) is 12.5. The molecule has 0 aromatic carbocycles. The summed E-state index contributed by atoms with van der Waals surface area (Å²) in [6, 6.07) is 1.83. The monoisotopic (exact) mass is 223 g/mol. The largest absolute Gasteiger partial charge is 0.492 e. The second-order valence-electron chi connectivity index (χ2n) is 3.37. The Bertz CT molecular complexity index is 352. The quantitative estimate of drug-likeness (QED) is 0.717. The van der Waals surface area contributed by atoms with Crippen LogP contribution in [0.5, 0.6) is 5.75 Å². The van der Waals surface area contributed by atoms with Crippen molar-refractivity contribution in [2.75, 3.05) is 13.7 Å². The molecule has 0 fully saturated rings. The number of rotatable bonds is 5. The van der Waals surface area contributed by atoms with E-state index in [1.165, 1.54) is 7.11 Å². The van der Waals surface area contributed by atoms with Gasteiger partial charge in [-0.1, -0.05) is 6.92 Å². The molecule has 0 amide bonds. The van der Waals surface area contributed by atoms with Crippen molar-refractivity contribution in [3.05, 3.63) is 24.0 Å². The molecule has 0 saturated carbocycles. The SMILES string of the molecule is CCOc1cncc(C(CC)C(=O)OC)c1. The average Bonchev–Trinajstić information content (AvgIpc) is 2.31. The molecule has 1 heterocycles. The standard InChI is InChI=1S/C12H17NO3/c1-4-11(12(14)15-3)9-6-10(16-5-2)8-13-7-9/h6-8,11H,4-5H2,1-3H3. The van der Waals surface area contributed by atoms with Crippen LogP contribution in [0.1, 0.15) is 31.7 Å². The van der Waals surface area contributed by atoms with Crippen LogP contribution < -0.4 is 4.74 Å². The zero-order chi connectivity index (χ0) is 12.0. The maximum atomic E-state index is 11.5. The molecular weight excluding hydrogens is 206 g/mol. The van der Waals surface area contributed by atoms with E-state index < -0.39 is 0 Å². The molecule has 88 valence electrons. The van der Waals surface area contributed by atoms with Gasteiger partial charge in [0, 0.05) is 6.20 Å². The van der Waals surface area contributed by atoms with Gasteiger partial charge in [-0.25, -0.2) is 0 Å². The Labute approximate surface area is 95.6 Å². The maximum absolute atomic E-state index is 11.5. The first-order chi connectivity index (χ1) is 7.72. The van der Waals surface area contributed by atoms with Crippen molar-refractivity contribution in [3.8, 4) is 5.75 Å². The maximum Gasteiger partial charge on any atom is 0.313 e. The summed E-state index contributed by atoms with van der Waals surface area (Å²) >= 11 is 0. The molecule has 0 aliphatic heterocycles. The third-order valence-electron chi connectivity index (χ3n) is 2.34. The molecule has 1 atom stereocenters. The van der Waals surface area contributed by atoms with Crippen LogP contribution in [0.25, 0.3) is 0 Å². The Morgan fingerprint density at radius 1 is 1.44 bits per heavy atom. The van der Waals surface area contributed by atoms with Crippen molar-refractivity contribution >= 4 is 5.97 Å². The second kappa shape index (κ2) is 6.10. The molecule has 4 heteroatoms. The molecule has 1 aromatic rings. The number of esters is 1. The molecule has 1 rings (SSSR count). The van der Waals surface area contributed by atoms with Crippen molar-refractivity contribution in [3.63, 3.8) is 0 Å². The van der Waals surface area contributed by atoms with Crippen LogP contribution >= 0.6 is 0 Å². The van der Waals surface area contributed by atoms with Crippen molar-refractivity contribution in [2.45, 2.75) is 26.2 Å². The topological polar surface area (TPSA) is 48.4 Å². The smallest absolute Gasteiger partial charge is 0.313 e. The minimum atomic E-state index is -0.266. The summed E-state index contributed by atoms with van der Waals surface area (Å²) in [5, 5.41) is 0. The van der Waals surface area contributed by atoms with E-state index in [1.807, 2.05) is 19.9 Å². The van der Waals surface area contributed by atoms with Gasteiger partial charge in [-0.3, -0.25) is 9.78 Å².